The van der Waals surface area contributed by atoms with Crippen molar-refractivity contribution in [2.24, 2.45) is 11.3 Å². The minimum Gasteiger partial charge on any atom is -0.548 e. The molecule has 0 bridgehead atoms. The number of nitrogens with zero attached hydrogens (tertiary/aromatic N) is 2. The van der Waals surface area contributed by atoms with E-state index in [2.05, 4.69) is 10.0 Å². The van der Waals surface area contributed by atoms with Crippen LogP contribution in [0.5, 0.6) is 0 Å². The van der Waals surface area contributed by atoms with Gasteiger partial charge in [0.2, 0.25) is 27.7 Å². The fourth-order valence-electron chi connectivity index (χ4n) is 5.36. The molecule has 0 spiro atoms. The largest absolute Gasteiger partial charge is 0.548 e. The Morgan fingerprint density at radius 1 is 1.02 bits per heavy atom. The molecule has 1 saturated carbocycles. The molecule has 1 aromatic rings. The van der Waals surface area contributed by atoms with Gasteiger partial charge in [0.1, 0.15) is 4.21 Å². The third-order valence-corrected chi connectivity index (χ3v) is 10.4. The molecule has 4 rings (SSSR count). The second-order valence-electron chi connectivity index (χ2n) is 11.4. The average Bonchev–Trinajstić information content (AvgIpc) is 3.21. The zero-order valence-corrected chi connectivity index (χ0v) is 23.8. The van der Waals surface area contributed by atoms with E-state index in [1.165, 1.54) is 6.07 Å². The van der Waals surface area contributed by atoms with Crippen molar-refractivity contribution < 1.29 is 42.6 Å². The lowest BCUT2D eigenvalue weighted by Gasteiger charge is -2.33. The molecule has 3 fully saturated rings. The number of carboxylic acids is 2. The highest BCUT2D eigenvalue weighted by Gasteiger charge is 2.43. The lowest BCUT2D eigenvalue weighted by Crippen LogP contribution is -2.56. The van der Waals surface area contributed by atoms with Crippen LogP contribution in [0.2, 0.25) is 0 Å². The quantitative estimate of drug-likeness (QED) is 0.285. The van der Waals surface area contributed by atoms with Gasteiger partial charge >= 0.3 is 0 Å². The SMILES string of the molecule is CC(C)(CC(=O)N1CC[C@H](NC(=O)C2CC2)[C@H]1C(=O)[O-])CC(=O)N1C[C@@H](NS(=O)(=O)c2cccs2)C[C@H]1C(=O)[O-]. The summed E-state index contributed by atoms with van der Waals surface area (Å²) in [6.45, 7) is 3.16. The molecule has 0 unspecified atom stereocenters. The maximum Gasteiger partial charge on any atom is 0.250 e. The normalized spacial score (nSPS) is 25.1. The van der Waals surface area contributed by atoms with Crippen LogP contribution in [0.25, 0.3) is 0 Å². The van der Waals surface area contributed by atoms with Crippen molar-refractivity contribution in [3.05, 3.63) is 17.5 Å². The van der Waals surface area contributed by atoms with Crippen LogP contribution in [0, 0.1) is 11.3 Å². The molecular weight excluding hydrogens is 564 g/mol. The summed E-state index contributed by atoms with van der Waals surface area (Å²) in [6.07, 6.45) is 1.11. The van der Waals surface area contributed by atoms with Crippen LogP contribution in [-0.2, 0) is 34.0 Å². The second-order valence-corrected chi connectivity index (χ2v) is 14.3. The minimum atomic E-state index is -3.90. The highest BCUT2D eigenvalue weighted by molar-refractivity contribution is 7.91. The first kappa shape index (κ1) is 29.9. The van der Waals surface area contributed by atoms with Crippen molar-refractivity contribution in [3.63, 3.8) is 0 Å². The molecule has 3 aliphatic rings. The highest BCUT2D eigenvalue weighted by Crippen LogP contribution is 2.33. The summed E-state index contributed by atoms with van der Waals surface area (Å²) in [6, 6.07) is -1.32. The number of hydrogen-bond acceptors (Lipinski definition) is 10. The molecule has 0 aromatic carbocycles. The van der Waals surface area contributed by atoms with Crippen molar-refractivity contribution in [1.82, 2.24) is 19.8 Å². The summed E-state index contributed by atoms with van der Waals surface area (Å²) in [4.78, 5) is 64.4. The standard InChI is InChI=1S/C25H34N4O9S2/c1-25(2,11-18(30)28-8-7-16(21(28)24(35)36)26-22(32)14-5-6-14)12-19(31)29-13-15(10-17(29)23(33)34)27-40(37,38)20-4-3-9-39-20/h3-4,9,14-17,21,27H,5-8,10-13H2,1-2H3,(H,26,32)(H,33,34)(H,35,36)/p-2/t15-,16-,17-,21-/m0/s1. The molecule has 0 radical (unpaired) electrons. The van der Waals surface area contributed by atoms with Crippen LogP contribution in [0.15, 0.2) is 21.7 Å². The Labute approximate surface area is 235 Å². The molecule has 3 amide bonds. The Morgan fingerprint density at radius 2 is 1.68 bits per heavy atom. The number of sulfonamides is 1. The van der Waals surface area contributed by atoms with Crippen molar-refractivity contribution in [3.8, 4) is 0 Å². The average molecular weight is 597 g/mol. The molecular formula is C25H32N4O9S2-2. The summed E-state index contributed by atoms with van der Waals surface area (Å²) in [5.41, 5.74) is -0.995. The molecule has 220 valence electrons. The maximum atomic E-state index is 13.2. The molecule has 2 N–H and O–H groups in total. The van der Waals surface area contributed by atoms with E-state index >= 15 is 0 Å². The Bertz CT molecular complexity index is 1280. The zero-order valence-electron chi connectivity index (χ0n) is 22.2. The van der Waals surface area contributed by atoms with E-state index < -0.39 is 63.4 Å². The Kier molecular flexibility index (Phi) is 8.57. The fraction of sp³-hybridized carbons (Fsp3) is 0.640. The number of aliphatic carboxylic acids is 2. The molecule has 1 aromatic heterocycles. The number of hydrogen-bond donors (Lipinski definition) is 2. The van der Waals surface area contributed by atoms with Gasteiger partial charge in [-0.3, -0.25) is 14.4 Å². The molecule has 2 aliphatic heterocycles. The van der Waals surface area contributed by atoms with Gasteiger partial charge in [-0.1, -0.05) is 19.9 Å². The Balaban J connectivity index is 1.38. The van der Waals surface area contributed by atoms with Crippen LogP contribution >= 0.6 is 11.3 Å². The molecule has 40 heavy (non-hydrogen) atoms. The van der Waals surface area contributed by atoms with Gasteiger partial charge in [0.05, 0.1) is 30.1 Å². The highest BCUT2D eigenvalue weighted by atomic mass is 32.2. The van der Waals surface area contributed by atoms with E-state index in [9.17, 15) is 42.6 Å². The van der Waals surface area contributed by atoms with Gasteiger partial charge in [0, 0.05) is 37.9 Å². The van der Waals surface area contributed by atoms with Gasteiger partial charge in [-0.05, 0) is 42.5 Å². The van der Waals surface area contributed by atoms with Crippen LogP contribution in [0.1, 0.15) is 52.4 Å². The summed E-state index contributed by atoms with van der Waals surface area (Å²) < 4.78 is 27.7. The van der Waals surface area contributed by atoms with Gasteiger partial charge in [0.25, 0.3) is 0 Å². The van der Waals surface area contributed by atoms with E-state index in [0.717, 1.165) is 34.0 Å². The number of thiophene rings is 1. The van der Waals surface area contributed by atoms with E-state index in [0.29, 0.717) is 0 Å². The topological polar surface area (TPSA) is 196 Å². The molecule has 4 atom stereocenters. The first-order valence-corrected chi connectivity index (χ1v) is 15.4. The Morgan fingerprint density at radius 3 is 2.23 bits per heavy atom. The lowest BCUT2D eigenvalue weighted by atomic mass is 9.84. The van der Waals surface area contributed by atoms with Crippen molar-refractivity contribution in [1.29, 1.82) is 0 Å². The number of carboxylic acid groups (broad SMARTS) is 2. The van der Waals surface area contributed by atoms with Crippen LogP contribution < -0.4 is 20.3 Å². The smallest absolute Gasteiger partial charge is 0.250 e. The summed E-state index contributed by atoms with van der Waals surface area (Å²) >= 11 is 1.00. The zero-order chi connectivity index (χ0) is 29.4. The predicted molar refractivity (Wildman–Crippen MR) is 136 cm³/mol. The molecule has 1 aliphatic carbocycles. The lowest BCUT2D eigenvalue weighted by molar-refractivity contribution is -0.312. The second kappa shape index (κ2) is 11.4. The number of nitrogens with one attached hydrogen (secondary N) is 2. The van der Waals surface area contributed by atoms with Crippen LogP contribution in [0.4, 0.5) is 0 Å². The number of likely N-dealkylation sites (tertiary alicyclic amines) is 2. The fourth-order valence-corrected chi connectivity index (χ4v) is 7.61. The van der Waals surface area contributed by atoms with Gasteiger partial charge < -0.3 is 34.9 Å². The van der Waals surface area contributed by atoms with Gasteiger partial charge in [-0.25, -0.2) is 13.1 Å². The minimum absolute atomic E-state index is 0.0630. The van der Waals surface area contributed by atoms with E-state index in [1.54, 1.807) is 25.3 Å². The molecule has 3 heterocycles. The van der Waals surface area contributed by atoms with Gasteiger partial charge in [0.15, 0.2) is 0 Å². The van der Waals surface area contributed by atoms with Crippen molar-refractivity contribution >= 4 is 51.0 Å². The molecule has 13 nitrogen and oxygen atoms in total. The van der Waals surface area contributed by atoms with Crippen LogP contribution in [0.3, 0.4) is 0 Å². The monoisotopic (exact) mass is 596 g/mol. The predicted octanol–water partition coefficient (Wildman–Crippen LogP) is -2.20. The number of carbonyl (C=O) groups is 5. The van der Waals surface area contributed by atoms with Crippen LogP contribution in [-0.4, -0.2) is 85.1 Å². The van der Waals surface area contributed by atoms with Gasteiger partial charge in [-0.2, -0.15) is 0 Å². The third kappa shape index (κ3) is 6.81. The Hall–Kier alpha value is -3.04. The first-order chi connectivity index (χ1) is 18.7. The summed E-state index contributed by atoms with van der Waals surface area (Å²) in [5, 5.41) is 28.0. The number of rotatable bonds is 11. The third-order valence-electron chi connectivity index (χ3n) is 7.47. The van der Waals surface area contributed by atoms with Gasteiger partial charge in [-0.15, -0.1) is 11.3 Å². The first-order valence-electron chi connectivity index (χ1n) is 13.1. The molecule has 15 heteroatoms. The number of carbonyl (C=O) groups excluding carboxylic acids is 5. The number of amides is 3. The molecule has 2 saturated heterocycles. The van der Waals surface area contributed by atoms with E-state index in [4.69, 9.17) is 0 Å². The van der Waals surface area contributed by atoms with E-state index in [-0.39, 0.29) is 54.8 Å². The van der Waals surface area contributed by atoms with Crippen molar-refractivity contribution in [2.45, 2.75) is 80.7 Å². The van der Waals surface area contributed by atoms with Crippen molar-refractivity contribution in [2.75, 3.05) is 13.1 Å². The summed E-state index contributed by atoms with van der Waals surface area (Å²) in [7, 11) is -3.90. The maximum absolute atomic E-state index is 13.2. The van der Waals surface area contributed by atoms with E-state index in [1.807, 2.05) is 0 Å². The summed E-state index contributed by atoms with van der Waals surface area (Å²) in [5.74, 6) is -4.50.